The first-order chi connectivity index (χ1) is 4.09. The fourth-order valence-electron chi connectivity index (χ4n) is 0.355. The van der Waals surface area contributed by atoms with Crippen molar-refractivity contribution in [1.29, 1.82) is 0 Å². The van der Waals surface area contributed by atoms with Gasteiger partial charge in [0.1, 0.15) is 0 Å². The fourth-order valence-corrected chi connectivity index (χ4v) is 0.355. The quantitative estimate of drug-likeness (QED) is 0.336. The highest BCUT2D eigenvalue weighted by molar-refractivity contribution is 5.75. The Hall–Kier alpha value is -1.17. The molecule has 0 aromatic rings. The molecular formula is C6H10N2O. The standard InChI is InChI=1S/C6H10N2O/c1-5-8(4)6(9)7(2)3/h1H,2-4H3. The lowest BCUT2D eigenvalue weighted by Crippen LogP contribution is -2.32. The number of amides is 2. The highest BCUT2D eigenvalue weighted by Gasteiger charge is 2.05. The molecule has 0 bridgehead atoms. The van der Waals surface area contributed by atoms with Crippen LogP contribution >= 0.6 is 0 Å². The lowest BCUT2D eigenvalue weighted by Gasteiger charge is -2.14. The van der Waals surface area contributed by atoms with Crippen LogP contribution < -0.4 is 0 Å². The zero-order valence-corrected chi connectivity index (χ0v) is 5.88. The molecule has 0 saturated carbocycles. The second kappa shape index (κ2) is 2.98. The maximum absolute atomic E-state index is 10.8. The number of hydrogen-bond donors (Lipinski definition) is 0. The van der Waals surface area contributed by atoms with Crippen molar-refractivity contribution in [2.45, 2.75) is 0 Å². The first kappa shape index (κ1) is 7.83. The SMILES string of the molecule is C#CN(C)C(=O)N(C)C. The summed E-state index contributed by atoms with van der Waals surface area (Å²) < 4.78 is 0. The van der Waals surface area contributed by atoms with E-state index in [1.807, 2.05) is 0 Å². The Balaban J connectivity index is 3.92. The van der Waals surface area contributed by atoms with Crippen LogP contribution in [0.2, 0.25) is 0 Å². The maximum atomic E-state index is 10.8. The zero-order valence-electron chi connectivity index (χ0n) is 5.88. The predicted octanol–water partition coefficient (Wildman–Crippen LogP) is 0.191. The minimum absolute atomic E-state index is 0.183. The van der Waals surface area contributed by atoms with Crippen molar-refractivity contribution in [3.63, 3.8) is 0 Å². The summed E-state index contributed by atoms with van der Waals surface area (Å²) in [6.45, 7) is 0. The molecule has 0 saturated heterocycles. The lowest BCUT2D eigenvalue weighted by atomic mass is 10.7. The molecule has 3 heteroatoms. The molecule has 50 valence electrons. The molecule has 2 amide bonds. The number of carbonyl (C=O) groups excluding carboxylic acids is 1. The van der Waals surface area contributed by atoms with Crippen molar-refractivity contribution >= 4 is 6.03 Å². The molecule has 0 atom stereocenters. The van der Waals surface area contributed by atoms with Crippen molar-refractivity contribution in [2.24, 2.45) is 0 Å². The summed E-state index contributed by atoms with van der Waals surface area (Å²) in [5, 5.41) is 0. The molecule has 0 aliphatic heterocycles. The van der Waals surface area contributed by atoms with Crippen LogP contribution in [0.25, 0.3) is 0 Å². The van der Waals surface area contributed by atoms with Crippen LogP contribution in [0.15, 0.2) is 0 Å². The Morgan fingerprint density at radius 2 is 1.89 bits per heavy atom. The van der Waals surface area contributed by atoms with Gasteiger partial charge in [-0.1, -0.05) is 6.42 Å². The van der Waals surface area contributed by atoms with Gasteiger partial charge in [-0.25, -0.2) is 4.79 Å². The van der Waals surface area contributed by atoms with Crippen molar-refractivity contribution in [3.05, 3.63) is 0 Å². The van der Waals surface area contributed by atoms with Crippen LogP contribution in [0.4, 0.5) is 4.79 Å². The third kappa shape index (κ3) is 2.04. The van der Waals surface area contributed by atoms with Gasteiger partial charge in [-0.3, -0.25) is 4.90 Å². The molecule has 0 aliphatic carbocycles. The molecule has 0 spiro atoms. The van der Waals surface area contributed by atoms with Crippen molar-refractivity contribution in [3.8, 4) is 12.5 Å². The van der Waals surface area contributed by atoms with Gasteiger partial charge in [0, 0.05) is 27.2 Å². The number of carbonyl (C=O) groups is 1. The molecule has 0 aromatic heterocycles. The number of hydrogen-bond acceptors (Lipinski definition) is 1. The molecule has 0 N–H and O–H groups in total. The van der Waals surface area contributed by atoms with E-state index >= 15 is 0 Å². The van der Waals surface area contributed by atoms with Crippen LogP contribution in [-0.4, -0.2) is 37.0 Å². The van der Waals surface area contributed by atoms with Crippen LogP contribution in [0.1, 0.15) is 0 Å². The molecule has 0 rings (SSSR count). The fraction of sp³-hybridized carbons (Fsp3) is 0.500. The first-order valence-corrected chi connectivity index (χ1v) is 2.51. The Kier molecular flexibility index (Phi) is 2.59. The van der Waals surface area contributed by atoms with Gasteiger partial charge >= 0.3 is 6.03 Å². The second-order valence-electron chi connectivity index (χ2n) is 1.87. The first-order valence-electron chi connectivity index (χ1n) is 2.51. The smallest absolute Gasteiger partial charge is 0.330 e. The summed E-state index contributed by atoms with van der Waals surface area (Å²) in [6.07, 6.45) is 4.94. The average Bonchev–Trinajstić information content (AvgIpc) is 1.84. The van der Waals surface area contributed by atoms with Crippen molar-refractivity contribution in [1.82, 2.24) is 9.80 Å². The molecule has 0 heterocycles. The summed E-state index contributed by atoms with van der Waals surface area (Å²) in [5.74, 6) is 0. The van der Waals surface area contributed by atoms with Gasteiger partial charge in [-0.15, -0.1) is 0 Å². The van der Waals surface area contributed by atoms with E-state index in [1.165, 1.54) is 9.80 Å². The Bertz CT molecular complexity index is 146. The molecule has 0 fully saturated rings. The van der Waals surface area contributed by atoms with Gasteiger partial charge in [0.2, 0.25) is 0 Å². The van der Waals surface area contributed by atoms with E-state index in [4.69, 9.17) is 6.42 Å². The van der Waals surface area contributed by atoms with Crippen LogP contribution in [0.3, 0.4) is 0 Å². The number of terminal acetylenes is 1. The Morgan fingerprint density at radius 1 is 1.44 bits per heavy atom. The van der Waals surface area contributed by atoms with Crippen LogP contribution in [-0.2, 0) is 0 Å². The largest absolute Gasteiger partial charge is 0.330 e. The minimum atomic E-state index is -0.183. The zero-order chi connectivity index (χ0) is 7.44. The van der Waals surface area contributed by atoms with Gasteiger partial charge in [0.25, 0.3) is 0 Å². The Labute approximate surface area is 55.2 Å². The molecular weight excluding hydrogens is 116 g/mol. The van der Waals surface area contributed by atoms with E-state index in [0.717, 1.165) is 0 Å². The topological polar surface area (TPSA) is 23.6 Å². The number of nitrogens with zero attached hydrogens (tertiary/aromatic N) is 2. The van der Waals surface area contributed by atoms with Gasteiger partial charge in [-0.2, -0.15) is 0 Å². The number of rotatable bonds is 0. The summed E-state index contributed by atoms with van der Waals surface area (Å²) in [7, 11) is 4.84. The lowest BCUT2D eigenvalue weighted by molar-refractivity contribution is 0.198. The van der Waals surface area contributed by atoms with Crippen molar-refractivity contribution in [2.75, 3.05) is 21.1 Å². The third-order valence-corrected chi connectivity index (χ3v) is 0.863. The minimum Gasteiger partial charge on any atom is -0.330 e. The summed E-state index contributed by atoms with van der Waals surface area (Å²) in [4.78, 5) is 13.4. The Morgan fingerprint density at radius 3 is 2.00 bits per heavy atom. The summed E-state index contributed by atoms with van der Waals surface area (Å²) in [6, 6.07) is 2.01. The van der Waals surface area contributed by atoms with Gasteiger partial charge in [-0.05, 0) is 0 Å². The molecule has 3 nitrogen and oxygen atoms in total. The van der Waals surface area contributed by atoms with E-state index in [1.54, 1.807) is 21.1 Å². The van der Waals surface area contributed by atoms with Crippen molar-refractivity contribution < 1.29 is 4.79 Å². The van der Waals surface area contributed by atoms with Gasteiger partial charge in [0.15, 0.2) is 0 Å². The van der Waals surface area contributed by atoms with Crippen LogP contribution in [0.5, 0.6) is 0 Å². The predicted molar refractivity (Wildman–Crippen MR) is 35.7 cm³/mol. The number of urea groups is 1. The van der Waals surface area contributed by atoms with E-state index in [0.29, 0.717) is 0 Å². The van der Waals surface area contributed by atoms with E-state index in [2.05, 4.69) is 6.04 Å². The highest BCUT2D eigenvalue weighted by Crippen LogP contribution is 1.85. The van der Waals surface area contributed by atoms with Crippen LogP contribution in [0, 0.1) is 12.5 Å². The molecule has 0 aliphatic rings. The molecule has 0 aromatic carbocycles. The third-order valence-electron chi connectivity index (χ3n) is 0.863. The van der Waals surface area contributed by atoms with E-state index < -0.39 is 0 Å². The van der Waals surface area contributed by atoms with Gasteiger partial charge < -0.3 is 4.90 Å². The second-order valence-corrected chi connectivity index (χ2v) is 1.87. The van der Waals surface area contributed by atoms with Gasteiger partial charge in [0.05, 0.1) is 0 Å². The molecule has 0 unspecified atom stereocenters. The molecule has 9 heavy (non-hydrogen) atoms. The summed E-state index contributed by atoms with van der Waals surface area (Å²) >= 11 is 0. The van der Waals surface area contributed by atoms with E-state index in [-0.39, 0.29) is 6.03 Å². The average molecular weight is 126 g/mol. The highest BCUT2D eigenvalue weighted by atomic mass is 16.2. The maximum Gasteiger partial charge on any atom is 0.330 e. The molecule has 0 radical (unpaired) electrons. The van der Waals surface area contributed by atoms with E-state index in [9.17, 15) is 4.79 Å². The summed E-state index contributed by atoms with van der Waals surface area (Å²) in [5.41, 5.74) is 0. The normalized spacial score (nSPS) is 7.78. The monoisotopic (exact) mass is 126 g/mol.